The molecule has 1 fully saturated rings. The number of amides is 1. The lowest BCUT2D eigenvalue weighted by Gasteiger charge is -2.26. The minimum absolute atomic E-state index is 0.000608. The number of carbonyl (C=O) groups excluding carboxylic acids is 1. The average Bonchev–Trinajstić information content (AvgIpc) is 2.34. The third-order valence-electron chi connectivity index (χ3n) is 3.33. The molecule has 4 nitrogen and oxygen atoms in total. The van der Waals surface area contributed by atoms with Crippen LogP contribution in [0.3, 0.4) is 0 Å². The van der Waals surface area contributed by atoms with Crippen LogP contribution < -0.4 is 11.1 Å². The first kappa shape index (κ1) is 14.5. The molecule has 0 aromatic rings. The summed E-state index contributed by atoms with van der Waals surface area (Å²) in [6, 6.07) is -0.363. The van der Waals surface area contributed by atoms with E-state index in [1.54, 1.807) is 0 Å². The summed E-state index contributed by atoms with van der Waals surface area (Å²) >= 11 is 0. The fraction of sp³-hybridized carbons (Fsp3) is 0.923. The Balaban J connectivity index is 2.17. The number of nitrogens with one attached hydrogen (secondary N) is 1. The van der Waals surface area contributed by atoms with Crippen LogP contribution >= 0.6 is 0 Å². The van der Waals surface area contributed by atoms with E-state index in [-0.39, 0.29) is 17.9 Å². The van der Waals surface area contributed by atoms with Gasteiger partial charge in [0.1, 0.15) is 0 Å². The van der Waals surface area contributed by atoms with Crippen LogP contribution in [-0.2, 0) is 9.53 Å². The predicted octanol–water partition coefficient (Wildman–Crippen LogP) is 1.29. The molecule has 1 saturated heterocycles. The van der Waals surface area contributed by atoms with Gasteiger partial charge in [0.15, 0.2) is 0 Å². The van der Waals surface area contributed by atoms with Crippen molar-refractivity contribution in [3.63, 3.8) is 0 Å². The van der Waals surface area contributed by atoms with Crippen LogP contribution in [0.25, 0.3) is 0 Å². The van der Waals surface area contributed by atoms with Gasteiger partial charge in [-0.15, -0.1) is 0 Å². The Morgan fingerprint density at radius 3 is 2.65 bits per heavy atom. The van der Waals surface area contributed by atoms with E-state index in [2.05, 4.69) is 19.2 Å². The van der Waals surface area contributed by atoms with E-state index < -0.39 is 0 Å². The lowest BCUT2D eigenvalue weighted by atomic mass is 9.92. The Kier molecular flexibility index (Phi) is 6.52. The topological polar surface area (TPSA) is 64.4 Å². The number of carbonyl (C=O) groups is 1. The molecule has 0 saturated carbocycles. The molecule has 4 heteroatoms. The minimum atomic E-state index is -0.363. The van der Waals surface area contributed by atoms with Crippen molar-refractivity contribution in [1.29, 1.82) is 0 Å². The molecule has 1 rings (SSSR count). The Labute approximate surface area is 104 Å². The van der Waals surface area contributed by atoms with Crippen molar-refractivity contribution in [2.75, 3.05) is 19.8 Å². The van der Waals surface area contributed by atoms with Gasteiger partial charge in [-0.05, 0) is 37.5 Å². The molecule has 1 atom stereocenters. The quantitative estimate of drug-likeness (QED) is 0.690. The summed E-state index contributed by atoms with van der Waals surface area (Å²) in [5.74, 6) is 0.977. The lowest BCUT2D eigenvalue weighted by Crippen LogP contribution is -2.47. The van der Waals surface area contributed by atoms with Crippen LogP contribution in [0, 0.1) is 11.8 Å². The molecule has 17 heavy (non-hydrogen) atoms. The first-order chi connectivity index (χ1) is 8.11. The molecule has 0 bridgehead atoms. The van der Waals surface area contributed by atoms with Crippen LogP contribution in [0.2, 0.25) is 0 Å². The van der Waals surface area contributed by atoms with E-state index >= 15 is 0 Å². The highest BCUT2D eigenvalue weighted by atomic mass is 16.5. The summed E-state index contributed by atoms with van der Waals surface area (Å²) in [6.45, 7) is 6.59. The molecule has 3 N–H and O–H groups in total. The van der Waals surface area contributed by atoms with Crippen molar-refractivity contribution in [1.82, 2.24) is 5.32 Å². The van der Waals surface area contributed by atoms with Gasteiger partial charge in [-0.3, -0.25) is 4.79 Å². The monoisotopic (exact) mass is 242 g/mol. The van der Waals surface area contributed by atoms with Crippen LogP contribution in [0.4, 0.5) is 0 Å². The second-order valence-electron chi connectivity index (χ2n) is 5.30. The van der Waals surface area contributed by atoms with Crippen LogP contribution in [0.1, 0.15) is 39.5 Å². The van der Waals surface area contributed by atoms with Gasteiger partial charge in [0.25, 0.3) is 0 Å². The van der Waals surface area contributed by atoms with E-state index in [1.807, 2.05) is 0 Å². The van der Waals surface area contributed by atoms with Crippen molar-refractivity contribution in [3.05, 3.63) is 0 Å². The molecular formula is C13H26N2O2. The summed E-state index contributed by atoms with van der Waals surface area (Å²) in [6.07, 6.45) is 3.98. The average molecular weight is 242 g/mol. The predicted molar refractivity (Wildman–Crippen MR) is 68.6 cm³/mol. The van der Waals surface area contributed by atoms with Crippen LogP contribution in [0.15, 0.2) is 0 Å². The van der Waals surface area contributed by atoms with Crippen LogP contribution in [-0.4, -0.2) is 31.7 Å². The van der Waals surface area contributed by atoms with E-state index in [0.717, 1.165) is 45.4 Å². The first-order valence-corrected chi connectivity index (χ1v) is 6.72. The fourth-order valence-electron chi connectivity index (χ4n) is 2.13. The molecule has 1 unspecified atom stereocenters. The molecule has 0 spiro atoms. The second-order valence-corrected chi connectivity index (χ2v) is 5.30. The fourth-order valence-corrected chi connectivity index (χ4v) is 2.13. The smallest absolute Gasteiger partial charge is 0.237 e. The summed E-state index contributed by atoms with van der Waals surface area (Å²) in [5.41, 5.74) is 5.97. The van der Waals surface area contributed by atoms with Gasteiger partial charge in [0.05, 0.1) is 6.04 Å². The van der Waals surface area contributed by atoms with E-state index in [4.69, 9.17) is 10.5 Å². The van der Waals surface area contributed by atoms with E-state index in [0.29, 0.717) is 5.92 Å². The zero-order valence-corrected chi connectivity index (χ0v) is 11.1. The second kappa shape index (κ2) is 7.67. The molecule has 0 aromatic heterocycles. The van der Waals surface area contributed by atoms with Gasteiger partial charge in [-0.2, -0.15) is 0 Å². The normalized spacial score (nSPS) is 19.3. The highest BCUT2D eigenvalue weighted by Crippen LogP contribution is 2.17. The molecule has 1 heterocycles. The first-order valence-electron chi connectivity index (χ1n) is 6.72. The minimum Gasteiger partial charge on any atom is -0.381 e. The maximum Gasteiger partial charge on any atom is 0.237 e. The summed E-state index contributed by atoms with van der Waals surface area (Å²) < 4.78 is 5.27. The van der Waals surface area contributed by atoms with Gasteiger partial charge >= 0.3 is 0 Å². The summed E-state index contributed by atoms with van der Waals surface area (Å²) in [5, 5.41) is 2.93. The van der Waals surface area contributed by atoms with Gasteiger partial charge in [0, 0.05) is 19.8 Å². The Morgan fingerprint density at radius 2 is 2.06 bits per heavy atom. The highest BCUT2D eigenvalue weighted by molar-refractivity contribution is 5.81. The molecule has 0 aromatic carbocycles. The Morgan fingerprint density at radius 1 is 1.41 bits per heavy atom. The SMILES string of the molecule is CC(C)CCCNC(=O)C(N)C1CCOCC1. The van der Waals surface area contributed by atoms with Crippen molar-refractivity contribution in [2.24, 2.45) is 17.6 Å². The van der Waals surface area contributed by atoms with Crippen molar-refractivity contribution in [2.45, 2.75) is 45.6 Å². The number of ether oxygens (including phenoxy) is 1. The molecule has 1 aliphatic rings. The molecule has 100 valence electrons. The number of hydrogen-bond donors (Lipinski definition) is 2. The Bertz CT molecular complexity index is 225. The third-order valence-corrected chi connectivity index (χ3v) is 3.33. The third kappa shape index (κ3) is 5.50. The summed E-state index contributed by atoms with van der Waals surface area (Å²) in [4.78, 5) is 11.8. The van der Waals surface area contributed by atoms with Crippen molar-refractivity contribution in [3.8, 4) is 0 Å². The van der Waals surface area contributed by atoms with E-state index in [1.165, 1.54) is 0 Å². The molecule has 1 amide bonds. The van der Waals surface area contributed by atoms with E-state index in [9.17, 15) is 4.79 Å². The van der Waals surface area contributed by atoms with Gasteiger partial charge < -0.3 is 15.8 Å². The number of rotatable bonds is 6. The maximum atomic E-state index is 11.8. The molecular weight excluding hydrogens is 216 g/mol. The zero-order valence-electron chi connectivity index (χ0n) is 11.1. The standard InChI is InChI=1S/C13H26N2O2/c1-10(2)4-3-7-15-13(16)12(14)11-5-8-17-9-6-11/h10-12H,3-9,14H2,1-2H3,(H,15,16). The van der Waals surface area contributed by atoms with Gasteiger partial charge in [0.2, 0.25) is 5.91 Å². The summed E-state index contributed by atoms with van der Waals surface area (Å²) in [7, 11) is 0. The molecule has 0 radical (unpaired) electrons. The van der Waals surface area contributed by atoms with Crippen molar-refractivity contribution >= 4 is 5.91 Å². The van der Waals surface area contributed by atoms with Gasteiger partial charge in [-0.25, -0.2) is 0 Å². The van der Waals surface area contributed by atoms with Gasteiger partial charge in [-0.1, -0.05) is 13.8 Å². The molecule has 1 aliphatic heterocycles. The van der Waals surface area contributed by atoms with Crippen molar-refractivity contribution < 1.29 is 9.53 Å². The Hall–Kier alpha value is -0.610. The zero-order chi connectivity index (χ0) is 12.7. The highest BCUT2D eigenvalue weighted by Gasteiger charge is 2.26. The molecule has 0 aliphatic carbocycles. The maximum absolute atomic E-state index is 11.8. The number of hydrogen-bond acceptors (Lipinski definition) is 3. The lowest BCUT2D eigenvalue weighted by molar-refractivity contribution is -0.124. The largest absolute Gasteiger partial charge is 0.381 e. The van der Waals surface area contributed by atoms with Crippen LogP contribution in [0.5, 0.6) is 0 Å². The number of nitrogens with two attached hydrogens (primary N) is 1.